The molecular formula is C18H17N3O3S. The quantitative estimate of drug-likeness (QED) is 0.764. The van der Waals surface area contributed by atoms with Gasteiger partial charge in [-0.3, -0.25) is 9.48 Å². The normalized spacial score (nSPS) is 17.0. The van der Waals surface area contributed by atoms with Gasteiger partial charge in [-0.15, -0.1) is 11.3 Å². The number of thiophene rings is 1. The lowest BCUT2D eigenvalue weighted by Gasteiger charge is -2.26. The van der Waals surface area contributed by atoms with Crippen molar-refractivity contribution in [1.82, 2.24) is 15.1 Å². The molecule has 25 heavy (non-hydrogen) atoms. The summed E-state index contributed by atoms with van der Waals surface area (Å²) in [6.45, 7) is 0.636. The molecule has 6 nitrogen and oxygen atoms in total. The summed E-state index contributed by atoms with van der Waals surface area (Å²) in [5.74, 6) is 1.07. The van der Waals surface area contributed by atoms with E-state index in [4.69, 9.17) is 9.47 Å². The second-order valence-corrected chi connectivity index (χ2v) is 6.61. The number of hydrogen-bond donors (Lipinski definition) is 1. The van der Waals surface area contributed by atoms with Gasteiger partial charge in [-0.25, -0.2) is 0 Å². The molecular weight excluding hydrogens is 338 g/mol. The Morgan fingerprint density at radius 1 is 1.28 bits per heavy atom. The van der Waals surface area contributed by atoms with Crippen LogP contribution in [0.1, 0.15) is 10.9 Å². The van der Waals surface area contributed by atoms with Gasteiger partial charge in [0, 0.05) is 23.8 Å². The largest absolute Gasteiger partial charge is 0.485 e. The number of ether oxygens (including phenoxy) is 2. The van der Waals surface area contributed by atoms with Crippen molar-refractivity contribution in [2.45, 2.75) is 12.1 Å². The maximum atomic E-state index is 12.5. The first kappa shape index (κ1) is 15.7. The van der Waals surface area contributed by atoms with E-state index in [-0.39, 0.29) is 18.6 Å². The van der Waals surface area contributed by atoms with Crippen molar-refractivity contribution in [3.8, 4) is 11.5 Å². The van der Waals surface area contributed by atoms with E-state index < -0.39 is 6.10 Å². The zero-order valence-corrected chi connectivity index (χ0v) is 14.2. The van der Waals surface area contributed by atoms with Crippen LogP contribution in [0.25, 0.3) is 0 Å². The van der Waals surface area contributed by atoms with E-state index in [1.54, 1.807) is 23.6 Å². The number of nitrogens with one attached hydrogen (secondary N) is 1. The first-order chi connectivity index (χ1) is 12.3. The van der Waals surface area contributed by atoms with Crippen molar-refractivity contribution >= 4 is 17.2 Å². The van der Waals surface area contributed by atoms with Gasteiger partial charge in [0.2, 0.25) is 6.10 Å². The summed E-state index contributed by atoms with van der Waals surface area (Å²) >= 11 is 1.64. The molecule has 2 atom stereocenters. The van der Waals surface area contributed by atoms with E-state index in [1.807, 2.05) is 52.7 Å². The SMILES string of the molecule is O=C(NC[C@H](c1cccs1)n1cccn1)[C@H]1COc2ccccc2O1. The summed E-state index contributed by atoms with van der Waals surface area (Å²) in [5.41, 5.74) is 0. The van der Waals surface area contributed by atoms with E-state index in [2.05, 4.69) is 10.4 Å². The number of fused-ring (bicyclic) bond motifs is 1. The molecule has 0 aliphatic carbocycles. The first-order valence-electron chi connectivity index (χ1n) is 8.00. The highest BCUT2D eigenvalue weighted by Crippen LogP contribution is 2.31. The van der Waals surface area contributed by atoms with Crippen LogP contribution in [0.4, 0.5) is 0 Å². The van der Waals surface area contributed by atoms with E-state index in [0.29, 0.717) is 18.0 Å². The van der Waals surface area contributed by atoms with Gasteiger partial charge in [-0.1, -0.05) is 18.2 Å². The molecule has 0 saturated carbocycles. The number of para-hydroxylation sites is 2. The fourth-order valence-electron chi connectivity index (χ4n) is 2.73. The molecule has 1 aliphatic rings. The Hall–Kier alpha value is -2.80. The molecule has 1 aromatic carbocycles. The number of hydrogen-bond acceptors (Lipinski definition) is 5. The van der Waals surface area contributed by atoms with Crippen molar-refractivity contribution in [1.29, 1.82) is 0 Å². The standard InChI is InChI=1S/C18H17N3O3S/c22-18(16-12-23-14-5-1-2-6-15(14)24-16)19-11-13(17-7-3-10-25-17)21-9-4-8-20-21/h1-10,13,16H,11-12H2,(H,19,22)/t13-,16-/m1/s1. The molecule has 3 aromatic rings. The van der Waals surface area contributed by atoms with Crippen LogP contribution >= 0.6 is 11.3 Å². The number of aromatic nitrogens is 2. The van der Waals surface area contributed by atoms with Crippen molar-refractivity contribution in [2.75, 3.05) is 13.2 Å². The Kier molecular flexibility index (Phi) is 4.39. The predicted molar refractivity (Wildman–Crippen MR) is 94.0 cm³/mol. The molecule has 0 saturated heterocycles. The molecule has 0 spiro atoms. The van der Waals surface area contributed by atoms with Crippen molar-refractivity contribution < 1.29 is 14.3 Å². The highest BCUT2D eigenvalue weighted by atomic mass is 32.1. The third-order valence-corrected chi connectivity index (χ3v) is 4.96. The van der Waals surface area contributed by atoms with Gasteiger partial charge in [0.15, 0.2) is 11.5 Å². The van der Waals surface area contributed by atoms with E-state index in [1.165, 1.54) is 0 Å². The minimum atomic E-state index is -0.656. The Morgan fingerprint density at radius 2 is 2.16 bits per heavy atom. The van der Waals surface area contributed by atoms with E-state index in [9.17, 15) is 4.79 Å². The third kappa shape index (κ3) is 3.36. The van der Waals surface area contributed by atoms with Crippen molar-refractivity contribution in [3.63, 3.8) is 0 Å². The van der Waals surface area contributed by atoms with Gasteiger partial charge in [0.05, 0.1) is 0 Å². The summed E-state index contributed by atoms with van der Waals surface area (Å²) in [5, 5.41) is 9.29. The van der Waals surface area contributed by atoms with Crippen LogP contribution in [0.15, 0.2) is 60.2 Å². The summed E-state index contributed by atoms with van der Waals surface area (Å²) in [7, 11) is 0. The molecule has 3 heterocycles. The smallest absolute Gasteiger partial charge is 0.264 e. The zero-order chi connectivity index (χ0) is 17.1. The van der Waals surface area contributed by atoms with Gasteiger partial charge >= 0.3 is 0 Å². The van der Waals surface area contributed by atoms with Crippen LogP contribution < -0.4 is 14.8 Å². The number of carbonyl (C=O) groups is 1. The highest BCUT2D eigenvalue weighted by molar-refractivity contribution is 7.10. The van der Waals surface area contributed by atoms with Crippen LogP contribution in [-0.2, 0) is 4.79 Å². The Labute approximate surface area is 149 Å². The van der Waals surface area contributed by atoms with Crippen LogP contribution in [0.2, 0.25) is 0 Å². The number of rotatable bonds is 5. The minimum Gasteiger partial charge on any atom is -0.485 e. The molecule has 0 bridgehead atoms. The molecule has 7 heteroatoms. The third-order valence-electron chi connectivity index (χ3n) is 3.99. The van der Waals surface area contributed by atoms with Gasteiger partial charge in [-0.05, 0) is 29.6 Å². The topological polar surface area (TPSA) is 65.4 Å². The molecule has 0 radical (unpaired) electrons. The Morgan fingerprint density at radius 3 is 2.92 bits per heavy atom. The minimum absolute atomic E-state index is 0.0456. The average Bonchev–Trinajstić information content (AvgIpc) is 3.36. The van der Waals surface area contributed by atoms with Crippen molar-refractivity contribution in [3.05, 3.63) is 65.1 Å². The Balaban J connectivity index is 1.42. The van der Waals surface area contributed by atoms with E-state index >= 15 is 0 Å². The maximum absolute atomic E-state index is 12.5. The molecule has 4 rings (SSSR count). The molecule has 0 unspecified atom stereocenters. The van der Waals surface area contributed by atoms with Gasteiger partial charge in [0.1, 0.15) is 12.6 Å². The van der Waals surface area contributed by atoms with Gasteiger partial charge < -0.3 is 14.8 Å². The number of carbonyl (C=O) groups excluding carboxylic acids is 1. The lowest BCUT2D eigenvalue weighted by Crippen LogP contribution is -2.45. The lowest BCUT2D eigenvalue weighted by atomic mass is 10.2. The molecule has 0 fully saturated rings. The number of amides is 1. The second kappa shape index (κ2) is 6.98. The van der Waals surface area contributed by atoms with Crippen molar-refractivity contribution in [2.24, 2.45) is 0 Å². The first-order valence-corrected chi connectivity index (χ1v) is 8.88. The monoisotopic (exact) mass is 355 g/mol. The summed E-state index contributed by atoms with van der Waals surface area (Å²) < 4.78 is 13.2. The zero-order valence-electron chi connectivity index (χ0n) is 13.4. The number of benzene rings is 1. The fraction of sp³-hybridized carbons (Fsp3) is 0.222. The average molecular weight is 355 g/mol. The van der Waals surface area contributed by atoms with Crippen LogP contribution in [-0.4, -0.2) is 34.9 Å². The van der Waals surface area contributed by atoms with Crippen LogP contribution in [0.5, 0.6) is 11.5 Å². The fourth-order valence-corrected chi connectivity index (χ4v) is 3.55. The van der Waals surface area contributed by atoms with Crippen LogP contribution in [0.3, 0.4) is 0 Å². The van der Waals surface area contributed by atoms with Crippen LogP contribution in [0, 0.1) is 0 Å². The molecule has 2 aromatic heterocycles. The van der Waals surface area contributed by atoms with Gasteiger partial charge in [0.25, 0.3) is 5.91 Å². The Bertz CT molecular complexity index is 799. The summed E-state index contributed by atoms with van der Waals surface area (Å²) in [6.07, 6.45) is 2.97. The summed E-state index contributed by atoms with van der Waals surface area (Å²) in [4.78, 5) is 13.6. The van der Waals surface area contributed by atoms with Gasteiger partial charge in [-0.2, -0.15) is 5.10 Å². The maximum Gasteiger partial charge on any atom is 0.264 e. The molecule has 128 valence electrons. The predicted octanol–water partition coefficient (Wildman–Crippen LogP) is 2.49. The molecule has 1 aliphatic heterocycles. The highest BCUT2D eigenvalue weighted by Gasteiger charge is 2.28. The summed E-state index contributed by atoms with van der Waals surface area (Å²) in [6, 6.07) is 13.2. The lowest BCUT2D eigenvalue weighted by molar-refractivity contribution is -0.130. The molecule has 1 N–H and O–H groups in total. The second-order valence-electron chi connectivity index (χ2n) is 5.63. The number of nitrogens with zero attached hydrogens (tertiary/aromatic N) is 2. The molecule has 1 amide bonds. The van der Waals surface area contributed by atoms with E-state index in [0.717, 1.165) is 4.88 Å².